The minimum atomic E-state index is -3.06. The molecule has 0 radical (unpaired) electrons. The molecule has 0 unspecified atom stereocenters. The molecule has 1 aliphatic heterocycles. The van der Waals surface area contributed by atoms with Crippen LogP contribution in [-0.4, -0.2) is 43.9 Å². The molecule has 0 saturated carbocycles. The van der Waals surface area contributed by atoms with Crippen molar-refractivity contribution >= 4 is 33.1 Å². The molecular formula is C18H25NO5S2. The van der Waals surface area contributed by atoms with E-state index in [4.69, 9.17) is 4.74 Å². The van der Waals surface area contributed by atoms with Gasteiger partial charge in [0.1, 0.15) is 4.88 Å². The van der Waals surface area contributed by atoms with E-state index in [0.717, 1.165) is 25.7 Å². The van der Waals surface area contributed by atoms with Crippen LogP contribution in [-0.2, 0) is 32.2 Å². The number of sulfone groups is 1. The highest BCUT2D eigenvalue weighted by molar-refractivity contribution is 7.91. The predicted molar refractivity (Wildman–Crippen MR) is 100 cm³/mol. The van der Waals surface area contributed by atoms with Crippen LogP contribution in [0.25, 0.3) is 0 Å². The van der Waals surface area contributed by atoms with Crippen molar-refractivity contribution in [1.82, 2.24) is 5.32 Å². The number of carbonyl (C=O) groups is 2. The fraction of sp³-hybridized carbons (Fsp3) is 0.667. The van der Waals surface area contributed by atoms with E-state index in [0.29, 0.717) is 11.3 Å². The van der Waals surface area contributed by atoms with Gasteiger partial charge in [0.15, 0.2) is 15.9 Å². The smallest absolute Gasteiger partial charge is 0.349 e. The van der Waals surface area contributed by atoms with Crippen molar-refractivity contribution in [2.45, 2.75) is 64.0 Å². The van der Waals surface area contributed by atoms with Gasteiger partial charge in [-0.05, 0) is 50.7 Å². The minimum Gasteiger partial charge on any atom is -0.448 e. The number of rotatable bonds is 4. The van der Waals surface area contributed by atoms with E-state index < -0.39 is 33.9 Å². The average molecular weight is 400 g/mol. The zero-order valence-corrected chi connectivity index (χ0v) is 16.6. The quantitative estimate of drug-likeness (QED) is 0.785. The number of amides is 1. The van der Waals surface area contributed by atoms with Gasteiger partial charge in [0.2, 0.25) is 0 Å². The van der Waals surface area contributed by atoms with E-state index in [1.165, 1.54) is 41.5 Å². The van der Waals surface area contributed by atoms with Gasteiger partial charge in [-0.15, -0.1) is 11.3 Å². The zero-order valence-electron chi connectivity index (χ0n) is 15.0. The summed E-state index contributed by atoms with van der Waals surface area (Å²) in [6, 6.07) is 1.51. The number of nitrogens with one attached hydrogen (secondary N) is 1. The molecule has 2 aliphatic rings. The molecule has 6 nitrogen and oxygen atoms in total. The van der Waals surface area contributed by atoms with Gasteiger partial charge in [0.05, 0.1) is 11.5 Å². The molecular weight excluding hydrogens is 374 g/mol. The SMILES string of the molecule is C[C@@H](OC(=O)c1cc2c(s1)CCCCCC2)C(=O)N[C@H]1CCS(=O)(=O)C1. The molecule has 2 heterocycles. The van der Waals surface area contributed by atoms with Crippen LogP contribution in [0.4, 0.5) is 0 Å². The van der Waals surface area contributed by atoms with Crippen LogP contribution in [0.5, 0.6) is 0 Å². The van der Waals surface area contributed by atoms with E-state index in [1.54, 1.807) is 0 Å². The van der Waals surface area contributed by atoms with E-state index in [2.05, 4.69) is 5.32 Å². The van der Waals surface area contributed by atoms with Crippen molar-refractivity contribution in [2.24, 2.45) is 0 Å². The highest BCUT2D eigenvalue weighted by Crippen LogP contribution is 2.29. The Bertz CT molecular complexity index is 758. The molecule has 0 spiro atoms. The molecule has 26 heavy (non-hydrogen) atoms. The molecule has 0 bridgehead atoms. The van der Waals surface area contributed by atoms with Gasteiger partial charge >= 0.3 is 5.97 Å². The van der Waals surface area contributed by atoms with Gasteiger partial charge in [-0.25, -0.2) is 13.2 Å². The second-order valence-corrected chi connectivity index (χ2v) is 10.5. The molecule has 144 valence electrons. The standard InChI is InChI=1S/C18H25NO5S2/c1-12(17(20)19-14-8-9-26(22,23)11-14)24-18(21)16-10-13-6-4-2-3-5-7-15(13)25-16/h10,12,14H,2-9,11H2,1H3,(H,19,20)/t12-,14+/m1/s1. The molecule has 1 aliphatic carbocycles. The second-order valence-electron chi connectivity index (χ2n) is 7.13. The summed E-state index contributed by atoms with van der Waals surface area (Å²) in [5, 5.41) is 2.66. The van der Waals surface area contributed by atoms with Gasteiger partial charge < -0.3 is 10.1 Å². The van der Waals surface area contributed by atoms with Crippen LogP contribution in [0.1, 0.15) is 59.1 Å². The van der Waals surface area contributed by atoms with Gasteiger partial charge in [0, 0.05) is 10.9 Å². The van der Waals surface area contributed by atoms with E-state index in [1.807, 2.05) is 6.07 Å². The van der Waals surface area contributed by atoms with Crippen LogP contribution < -0.4 is 5.32 Å². The second kappa shape index (κ2) is 8.08. The number of esters is 1. The lowest BCUT2D eigenvalue weighted by Gasteiger charge is -2.16. The Morgan fingerprint density at radius 2 is 1.96 bits per heavy atom. The molecule has 1 fully saturated rings. The fourth-order valence-electron chi connectivity index (χ4n) is 3.44. The maximum Gasteiger partial charge on any atom is 0.349 e. The number of aryl methyl sites for hydroxylation is 2. The first-order valence-corrected chi connectivity index (χ1v) is 11.8. The van der Waals surface area contributed by atoms with Crippen LogP contribution in [0.3, 0.4) is 0 Å². The molecule has 0 aromatic carbocycles. The van der Waals surface area contributed by atoms with Crippen LogP contribution in [0.15, 0.2) is 6.07 Å². The summed E-state index contributed by atoms with van der Waals surface area (Å²) in [5.41, 5.74) is 1.23. The van der Waals surface area contributed by atoms with Gasteiger partial charge in [-0.3, -0.25) is 4.79 Å². The molecule has 1 aromatic rings. The summed E-state index contributed by atoms with van der Waals surface area (Å²) in [6.07, 6.45) is 6.19. The van der Waals surface area contributed by atoms with Crippen molar-refractivity contribution in [2.75, 3.05) is 11.5 Å². The maximum atomic E-state index is 12.4. The highest BCUT2D eigenvalue weighted by atomic mass is 32.2. The summed E-state index contributed by atoms with van der Waals surface area (Å²) in [5.74, 6) is -0.886. The molecule has 1 N–H and O–H groups in total. The van der Waals surface area contributed by atoms with Crippen LogP contribution >= 0.6 is 11.3 Å². The van der Waals surface area contributed by atoms with Crippen LogP contribution in [0, 0.1) is 0 Å². The highest BCUT2D eigenvalue weighted by Gasteiger charge is 2.31. The number of ether oxygens (including phenoxy) is 1. The lowest BCUT2D eigenvalue weighted by molar-refractivity contribution is -0.129. The summed E-state index contributed by atoms with van der Waals surface area (Å²) in [4.78, 5) is 26.4. The van der Waals surface area contributed by atoms with Gasteiger partial charge in [-0.2, -0.15) is 0 Å². The normalized spacial score (nSPS) is 23.3. The summed E-state index contributed by atoms with van der Waals surface area (Å²) >= 11 is 1.47. The predicted octanol–water partition coefficient (Wildman–Crippen LogP) is 2.26. The molecule has 3 rings (SSSR count). The van der Waals surface area contributed by atoms with Gasteiger partial charge in [0.25, 0.3) is 5.91 Å². The lowest BCUT2D eigenvalue weighted by atomic mass is 10.00. The topological polar surface area (TPSA) is 89.5 Å². The number of hydrogen-bond donors (Lipinski definition) is 1. The molecule has 1 aromatic heterocycles. The molecule has 8 heteroatoms. The van der Waals surface area contributed by atoms with Crippen LogP contribution in [0.2, 0.25) is 0 Å². The first-order chi connectivity index (χ1) is 12.3. The lowest BCUT2D eigenvalue weighted by Crippen LogP contribution is -2.42. The zero-order chi connectivity index (χ0) is 18.7. The summed E-state index contributed by atoms with van der Waals surface area (Å²) in [7, 11) is -3.06. The van der Waals surface area contributed by atoms with Crippen molar-refractivity contribution < 1.29 is 22.7 Å². The average Bonchev–Trinajstić information content (AvgIpc) is 3.10. The summed E-state index contributed by atoms with van der Waals surface area (Å²) in [6.45, 7) is 1.51. The van der Waals surface area contributed by atoms with E-state index in [9.17, 15) is 18.0 Å². The number of fused-ring (bicyclic) bond motifs is 1. The maximum absolute atomic E-state index is 12.4. The Balaban J connectivity index is 1.57. The summed E-state index contributed by atoms with van der Waals surface area (Å²) < 4.78 is 28.2. The fourth-order valence-corrected chi connectivity index (χ4v) is 6.25. The Labute approximate surface area is 158 Å². The molecule has 1 saturated heterocycles. The third-order valence-electron chi connectivity index (χ3n) is 4.93. The first-order valence-electron chi connectivity index (χ1n) is 9.17. The largest absolute Gasteiger partial charge is 0.448 e. The Hall–Kier alpha value is -1.41. The first kappa shape index (κ1) is 19.4. The van der Waals surface area contributed by atoms with Crippen molar-refractivity contribution in [3.05, 3.63) is 21.4 Å². The van der Waals surface area contributed by atoms with Crippen molar-refractivity contribution in [1.29, 1.82) is 0 Å². The van der Waals surface area contributed by atoms with Crippen molar-refractivity contribution in [3.63, 3.8) is 0 Å². The number of hydrogen-bond acceptors (Lipinski definition) is 6. The molecule has 2 atom stereocenters. The Morgan fingerprint density at radius 1 is 1.23 bits per heavy atom. The number of thiophene rings is 1. The minimum absolute atomic E-state index is 0.0446. The third kappa shape index (κ3) is 4.85. The molecule has 1 amide bonds. The van der Waals surface area contributed by atoms with E-state index >= 15 is 0 Å². The Kier molecular flexibility index (Phi) is 6.02. The number of carbonyl (C=O) groups excluding carboxylic acids is 2. The van der Waals surface area contributed by atoms with Crippen molar-refractivity contribution in [3.8, 4) is 0 Å². The Morgan fingerprint density at radius 3 is 2.65 bits per heavy atom. The van der Waals surface area contributed by atoms with E-state index in [-0.39, 0.29) is 11.5 Å². The third-order valence-corrected chi connectivity index (χ3v) is 7.91. The van der Waals surface area contributed by atoms with Gasteiger partial charge in [-0.1, -0.05) is 12.8 Å². The monoisotopic (exact) mass is 399 g/mol.